The van der Waals surface area contributed by atoms with E-state index in [0.29, 0.717) is 11.4 Å². The lowest BCUT2D eigenvalue weighted by Gasteiger charge is -2.30. The highest BCUT2D eigenvalue weighted by atomic mass is 16.1. The number of rotatable bonds is 9. The van der Waals surface area contributed by atoms with Crippen molar-refractivity contribution in [3.8, 4) is 0 Å². The summed E-state index contributed by atoms with van der Waals surface area (Å²) in [4.78, 5) is 26.8. The zero-order valence-corrected chi connectivity index (χ0v) is 21.3. The van der Waals surface area contributed by atoms with Gasteiger partial charge in [-0.25, -0.2) is 9.98 Å². The number of aromatic nitrogens is 2. The Morgan fingerprint density at radius 3 is 2.58 bits per heavy atom. The van der Waals surface area contributed by atoms with E-state index in [2.05, 4.69) is 33.6 Å². The summed E-state index contributed by atoms with van der Waals surface area (Å²) in [5.41, 5.74) is 15.1. The van der Waals surface area contributed by atoms with Gasteiger partial charge in [-0.1, -0.05) is 56.4 Å². The maximum Gasteiger partial charge on any atom is 0.258 e. The minimum Gasteiger partial charge on any atom is -0.370 e. The van der Waals surface area contributed by atoms with Gasteiger partial charge in [0.2, 0.25) is 5.95 Å². The molecule has 190 valence electrons. The van der Waals surface area contributed by atoms with Crippen LogP contribution in [0.3, 0.4) is 0 Å². The Kier molecular flexibility index (Phi) is 8.36. The van der Waals surface area contributed by atoms with Gasteiger partial charge in [-0.3, -0.25) is 10.1 Å². The van der Waals surface area contributed by atoms with Crippen LogP contribution in [-0.4, -0.2) is 33.9 Å². The van der Waals surface area contributed by atoms with Gasteiger partial charge in [0.05, 0.1) is 17.6 Å². The van der Waals surface area contributed by atoms with Crippen molar-refractivity contribution in [2.24, 2.45) is 16.5 Å². The number of aliphatic imine (C=N–C) groups is 1. The third kappa shape index (κ3) is 6.50. The van der Waals surface area contributed by atoms with Gasteiger partial charge in [0, 0.05) is 10.9 Å². The number of benzene rings is 2. The molecular weight excluding hydrogens is 450 g/mol. The molecule has 8 nitrogen and oxygen atoms in total. The van der Waals surface area contributed by atoms with Gasteiger partial charge < -0.3 is 16.8 Å². The number of carbonyl (C=O) groups is 1. The van der Waals surface area contributed by atoms with Crippen LogP contribution in [-0.2, 0) is 6.42 Å². The van der Waals surface area contributed by atoms with Gasteiger partial charge in [-0.05, 0) is 62.4 Å². The van der Waals surface area contributed by atoms with Crippen LogP contribution in [0.5, 0.6) is 0 Å². The summed E-state index contributed by atoms with van der Waals surface area (Å²) < 4.78 is 0. The molecule has 2 atom stereocenters. The number of anilines is 2. The lowest BCUT2D eigenvalue weighted by Crippen LogP contribution is -2.38. The number of unbranched alkanes of at least 4 members (excludes halogenated alkanes) is 2. The van der Waals surface area contributed by atoms with E-state index >= 15 is 0 Å². The van der Waals surface area contributed by atoms with Crippen LogP contribution in [0.25, 0.3) is 10.9 Å². The highest BCUT2D eigenvalue weighted by molar-refractivity contribution is 6.04. The molecule has 1 amide bonds. The Morgan fingerprint density at radius 2 is 1.83 bits per heavy atom. The first-order chi connectivity index (χ1) is 17.4. The van der Waals surface area contributed by atoms with Crippen molar-refractivity contribution in [3.05, 3.63) is 59.2 Å². The summed E-state index contributed by atoms with van der Waals surface area (Å²) in [5.74, 6) is 0.804. The first-order valence-electron chi connectivity index (χ1n) is 13.0. The number of nitrogens with one attached hydrogen (secondary N) is 2. The van der Waals surface area contributed by atoms with Crippen LogP contribution >= 0.6 is 0 Å². The molecule has 36 heavy (non-hydrogen) atoms. The molecule has 0 radical (unpaired) electrons. The molecule has 1 fully saturated rings. The van der Waals surface area contributed by atoms with Crippen LogP contribution in [0.4, 0.5) is 11.8 Å². The Bertz CT molecular complexity index is 1220. The van der Waals surface area contributed by atoms with E-state index < -0.39 is 0 Å². The summed E-state index contributed by atoms with van der Waals surface area (Å²) in [6.45, 7) is 4.23. The zero-order chi connectivity index (χ0) is 25.5. The maximum atomic E-state index is 13.0. The van der Waals surface area contributed by atoms with Gasteiger partial charge in [0.15, 0.2) is 5.96 Å². The van der Waals surface area contributed by atoms with Crippen LogP contribution in [0.15, 0.2) is 47.5 Å². The van der Waals surface area contributed by atoms with Crippen molar-refractivity contribution in [3.63, 3.8) is 0 Å². The average molecular weight is 488 g/mol. The molecule has 0 spiro atoms. The van der Waals surface area contributed by atoms with Crippen molar-refractivity contribution < 1.29 is 4.79 Å². The molecule has 4 rings (SSSR count). The van der Waals surface area contributed by atoms with Gasteiger partial charge in [-0.2, -0.15) is 4.98 Å². The fraction of sp³-hybridized carbons (Fsp3) is 0.429. The van der Waals surface area contributed by atoms with Crippen LogP contribution < -0.4 is 22.1 Å². The largest absolute Gasteiger partial charge is 0.370 e. The molecule has 0 saturated heterocycles. The van der Waals surface area contributed by atoms with E-state index in [4.69, 9.17) is 16.5 Å². The molecule has 6 N–H and O–H groups in total. The second-order valence-corrected chi connectivity index (χ2v) is 9.68. The standard InChI is InChI=1S/C28H37N7O/c1-3-4-5-8-19-12-14-20(15-13-19)26(36)35-28-33-22-16-11-18(2)17-21(22)25(34-28)31-23-9-6-7-10-24(23)32-27(29)30/h11-17,23-24H,3-10H2,1-2H3,(H4,29,30,32)(H2,31,33,34,35,36). The Labute approximate surface area is 213 Å². The molecule has 1 aliphatic carbocycles. The number of hydrogen-bond donors (Lipinski definition) is 4. The minimum absolute atomic E-state index is 0.0209. The lowest BCUT2D eigenvalue weighted by molar-refractivity contribution is 0.102. The normalized spacial score (nSPS) is 17.5. The monoisotopic (exact) mass is 487 g/mol. The second-order valence-electron chi connectivity index (χ2n) is 9.68. The highest BCUT2D eigenvalue weighted by Gasteiger charge is 2.26. The average Bonchev–Trinajstić information content (AvgIpc) is 2.86. The van der Waals surface area contributed by atoms with E-state index in [9.17, 15) is 4.79 Å². The number of nitrogens with zero attached hydrogens (tertiary/aromatic N) is 3. The van der Waals surface area contributed by atoms with Gasteiger partial charge in [0.1, 0.15) is 5.82 Å². The highest BCUT2D eigenvalue weighted by Crippen LogP contribution is 2.29. The van der Waals surface area contributed by atoms with E-state index in [-0.39, 0.29) is 29.9 Å². The Morgan fingerprint density at radius 1 is 1.06 bits per heavy atom. The molecule has 1 saturated carbocycles. The molecular formula is C28H37N7O. The molecule has 0 aliphatic heterocycles. The third-order valence-corrected chi connectivity index (χ3v) is 6.73. The minimum atomic E-state index is -0.233. The Hall–Kier alpha value is -3.68. The van der Waals surface area contributed by atoms with Crippen molar-refractivity contribution in [2.75, 3.05) is 10.6 Å². The van der Waals surface area contributed by atoms with E-state index in [1.165, 1.54) is 18.4 Å². The topological polar surface area (TPSA) is 131 Å². The zero-order valence-electron chi connectivity index (χ0n) is 21.3. The fourth-order valence-electron chi connectivity index (χ4n) is 4.79. The number of fused-ring (bicyclic) bond motifs is 1. The fourth-order valence-corrected chi connectivity index (χ4v) is 4.79. The van der Waals surface area contributed by atoms with Crippen molar-refractivity contribution in [1.29, 1.82) is 0 Å². The number of aryl methyl sites for hydroxylation is 2. The molecule has 3 aromatic rings. The van der Waals surface area contributed by atoms with E-state index in [1.807, 2.05) is 43.3 Å². The van der Waals surface area contributed by atoms with Crippen molar-refractivity contribution in [1.82, 2.24) is 9.97 Å². The van der Waals surface area contributed by atoms with E-state index in [0.717, 1.165) is 55.0 Å². The molecule has 8 heteroatoms. The molecule has 2 unspecified atom stereocenters. The van der Waals surface area contributed by atoms with Gasteiger partial charge >= 0.3 is 0 Å². The van der Waals surface area contributed by atoms with Crippen molar-refractivity contribution in [2.45, 2.75) is 77.3 Å². The molecule has 1 aromatic heterocycles. The SMILES string of the molecule is CCCCCc1ccc(C(=O)Nc2nc(NC3CCCCC3N=C(N)N)c3cc(C)ccc3n2)cc1. The van der Waals surface area contributed by atoms with Crippen LogP contribution in [0, 0.1) is 6.92 Å². The number of carbonyl (C=O) groups excluding carboxylic acids is 1. The molecule has 1 heterocycles. The maximum absolute atomic E-state index is 13.0. The smallest absolute Gasteiger partial charge is 0.258 e. The first kappa shape index (κ1) is 25.4. The number of hydrogen-bond acceptors (Lipinski definition) is 5. The number of guanidine groups is 1. The summed E-state index contributed by atoms with van der Waals surface area (Å²) >= 11 is 0. The van der Waals surface area contributed by atoms with E-state index in [1.54, 1.807) is 0 Å². The molecule has 2 aromatic carbocycles. The lowest BCUT2D eigenvalue weighted by atomic mass is 9.90. The van der Waals surface area contributed by atoms with Crippen LogP contribution in [0.1, 0.15) is 73.4 Å². The quantitative estimate of drug-likeness (QED) is 0.192. The summed E-state index contributed by atoms with van der Waals surface area (Å²) in [6, 6.07) is 13.8. The number of nitrogens with two attached hydrogens (primary N) is 2. The molecule has 1 aliphatic rings. The summed E-state index contributed by atoms with van der Waals surface area (Å²) in [6.07, 6.45) is 8.62. The first-order valence-corrected chi connectivity index (χ1v) is 13.0. The summed E-state index contributed by atoms with van der Waals surface area (Å²) in [7, 11) is 0. The predicted molar refractivity (Wildman–Crippen MR) is 147 cm³/mol. The van der Waals surface area contributed by atoms with Crippen LogP contribution in [0.2, 0.25) is 0 Å². The second kappa shape index (κ2) is 11.8. The third-order valence-electron chi connectivity index (χ3n) is 6.73. The van der Waals surface area contributed by atoms with Gasteiger partial charge in [0.25, 0.3) is 5.91 Å². The predicted octanol–water partition coefficient (Wildman–Crippen LogP) is 4.92. The van der Waals surface area contributed by atoms with Gasteiger partial charge in [-0.15, -0.1) is 0 Å². The summed E-state index contributed by atoms with van der Waals surface area (Å²) in [5, 5.41) is 7.36. The number of amides is 1. The molecule has 0 bridgehead atoms. The Balaban J connectivity index is 1.57. The van der Waals surface area contributed by atoms with Crippen molar-refractivity contribution >= 4 is 34.5 Å².